The van der Waals surface area contributed by atoms with Gasteiger partial charge in [0.15, 0.2) is 0 Å². The number of aromatic nitrogens is 3. The molecule has 0 aliphatic carbocycles. The highest BCUT2D eigenvalue weighted by Crippen LogP contribution is 2.17. The smallest absolute Gasteiger partial charge is 0.284 e. The van der Waals surface area contributed by atoms with Gasteiger partial charge in [-0.05, 0) is 12.1 Å². The molecule has 0 radical (unpaired) electrons. The molecule has 0 bridgehead atoms. The molecule has 0 aromatic carbocycles. The Hall–Kier alpha value is -2.04. The van der Waals surface area contributed by atoms with E-state index in [9.17, 15) is 4.79 Å². The number of hydrogen-bond donors (Lipinski definition) is 0. The van der Waals surface area contributed by atoms with E-state index in [4.69, 9.17) is 4.42 Å². The summed E-state index contributed by atoms with van der Waals surface area (Å²) >= 11 is 0. The Kier molecular flexibility index (Phi) is 2.76. The third-order valence-electron chi connectivity index (χ3n) is 2.09. The highest BCUT2D eigenvalue weighted by Gasteiger charge is 2.18. The van der Waals surface area contributed by atoms with Crippen LogP contribution in [0.5, 0.6) is 0 Å². The van der Waals surface area contributed by atoms with Gasteiger partial charge < -0.3 is 4.42 Å². The van der Waals surface area contributed by atoms with Crippen LogP contribution in [0.3, 0.4) is 0 Å². The molecule has 2 aromatic heterocycles. The van der Waals surface area contributed by atoms with E-state index in [1.54, 1.807) is 38.4 Å². The zero-order valence-corrected chi connectivity index (χ0v) is 9.04. The average molecular weight is 217 g/mol. The summed E-state index contributed by atoms with van der Waals surface area (Å²) in [5.74, 6) is 0.103. The van der Waals surface area contributed by atoms with Gasteiger partial charge in [-0.3, -0.25) is 9.78 Å². The molecule has 0 amide bonds. The van der Waals surface area contributed by atoms with Crippen molar-refractivity contribution >= 4 is 5.78 Å². The minimum atomic E-state index is -0.147. The van der Waals surface area contributed by atoms with Crippen molar-refractivity contribution in [2.75, 3.05) is 0 Å². The van der Waals surface area contributed by atoms with Crippen molar-refractivity contribution in [2.45, 2.75) is 13.8 Å². The lowest BCUT2D eigenvalue weighted by molar-refractivity contribution is 0.0905. The molecule has 82 valence electrons. The number of hydrogen-bond acceptors (Lipinski definition) is 5. The lowest BCUT2D eigenvalue weighted by Crippen LogP contribution is -2.07. The van der Waals surface area contributed by atoms with Crippen LogP contribution in [0.4, 0.5) is 0 Å². The van der Waals surface area contributed by atoms with Crippen molar-refractivity contribution in [2.24, 2.45) is 5.92 Å². The summed E-state index contributed by atoms with van der Waals surface area (Å²) in [6.07, 6.45) is 3.26. The predicted molar refractivity (Wildman–Crippen MR) is 56.7 cm³/mol. The predicted octanol–water partition coefficient (Wildman–Crippen LogP) is 1.97. The summed E-state index contributed by atoms with van der Waals surface area (Å²) in [6.45, 7) is 3.58. The maximum absolute atomic E-state index is 11.6. The van der Waals surface area contributed by atoms with E-state index in [1.165, 1.54) is 0 Å². The summed E-state index contributed by atoms with van der Waals surface area (Å²) in [6, 6.07) is 3.49. The van der Waals surface area contributed by atoms with Crippen molar-refractivity contribution in [3.8, 4) is 11.5 Å². The van der Waals surface area contributed by atoms with E-state index in [0.29, 0.717) is 5.89 Å². The van der Waals surface area contributed by atoms with Crippen molar-refractivity contribution in [1.82, 2.24) is 15.2 Å². The molecule has 0 aliphatic heterocycles. The van der Waals surface area contributed by atoms with Crippen LogP contribution in [0.2, 0.25) is 0 Å². The molecule has 16 heavy (non-hydrogen) atoms. The first kappa shape index (κ1) is 10.5. The fourth-order valence-electron chi connectivity index (χ4n) is 1.18. The molecule has 0 saturated heterocycles. The molecule has 0 fully saturated rings. The van der Waals surface area contributed by atoms with Gasteiger partial charge in [-0.2, -0.15) is 0 Å². The molecule has 0 saturated carbocycles. The van der Waals surface area contributed by atoms with E-state index < -0.39 is 0 Å². The van der Waals surface area contributed by atoms with Gasteiger partial charge in [0.2, 0.25) is 11.7 Å². The standard InChI is InChI=1S/C11H11N3O2/c1-7(2)9(15)11-14-13-10(16-11)8-3-5-12-6-4-8/h3-7H,1-2H3. The SMILES string of the molecule is CC(C)C(=O)c1nnc(-c2ccncc2)o1. The highest BCUT2D eigenvalue weighted by atomic mass is 16.4. The van der Waals surface area contributed by atoms with Crippen LogP contribution in [-0.2, 0) is 0 Å². The summed E-state index contributed by atoms with van der Waals surface area (Å²) < 4.78 is 5.29. The highest BCUT2D eigenvalue weighted by molar-refractivity contribution is 5.93. The topological polar surface area (TPSA) is 68.9 Å². The molecular formula is C11H11N3O2. The van der Waals surface area contributed by atoms with Crippen molar-refractivity contribution < 1.29 is 9.21 Å². The largest absolute Gasteiger partial charge is 0.414 e. The Morgan fingerprint density at radius 3 is 2.56 bits per heavy atom. The summed E-state index contributed by atoms with van der Waals surface area (Å²) in [4.78, 5) is 15.5. The van der Waals surface area contributed by atoms with Gasteiger partial charge in [0.1, 0.15) is 0 Å². The van der Waals surface area contributed by atoms with Crippen LogP contribution in [0, 0.1) is 5.92 Å². The zero-order chi connectivity index (χ0) is 11.5. The second-order valence-electron chi connectivity index (χ2n) is 3.67. The van der Waals surface area contributed by atoms with Gasteiger partial charge in [0.25, 0.3) is 5.89 Å². The molecule has 0 N–H and O–H groups in total. The molecule has 0 atom stereocenters. The molecule has 5 nitrogen and oxygen atoms in total. The molecule has 0 spiro atoms. The van der Waals surface area contributed by atoms with Gasteiger partial charge >= 0.3 is 0 Å². The Morgan fingerprint density at radius 2 is 1.94 bits per heavy atom. The van der Waals surface area contributed by atoms with Gasteiger partial charge in [0.05, 0.1) is 0 Å². The van der Waals surface area contributed by atoms with Gasteiger partial charge in [-0.1, -0.05) is 13.8 Å². The first-order valence-corrected chi connectivity index (χ1v) is 4.96. The van der Waals surface area contributed by atoms with E-state index in [0.717, 1.165) is 5.56 Å². The molecule has 0 aliphatic rings. The Bertz CT molecular complexity index is 491. The Labute approximate surface area is 92.5 Å². The summed E-state index contributed by atoms with van der Waals surface area (Å²) in [5, 5.41) is 7.55. The monoisotopic (exact) mass is 217 g/mol. The lowest BCUT2D eigenvalue weighted by atomic mass is 10.1. The zero-order valence-electron chi connectivity index (χ0n) is 9.04. The maximum atomic E-state index is 11.6. The normalized spacial score (nSPS) is 10.7. The molecule has 2 aromatic rings. The molecule has 2 rings (SSSR count). The second kappa shape index (κ2) is 4.22. The molecule has 2 heterocycles. The van der Waals surface area contributed by atoms with Crippen molar-refractivity contribution in [3.05, 3.63) is 30.4 Å². The van der Waals surface area contributed by atoms with Crippen LogP contribution >= 0.6 is 0 Å². The summed E-state index contributed by atoms with van der Waals surface area (Å²) in [7, 11) is 0. The molecule has 0 unspecified atom stereocenters. The number of rotatable bonds is 3. The minimum Gasteiger partial charge on any atom is -0.414 e. The number of nitrogens with zero attached hydrogens (tertiary/aromatic N) is 3. The second-order valence-corrected chi connectivity index (χ2v) is 3.67. The number of Topliss-reactive ketones (excluding diaryl/α,β-unsaturated/α-hetero) is 1. The van der Waals surface area contributed by atoms with Gasteiger partial charge in [-0.15, -0.1) is 10.2 Å². The third kappa shape index (κ3) is 1.98. The van der Waals surface area contributed by atoms with Crippen LogP contribution in [0.25, 0.3) is 11.5 Å². The van der Waals surface area contributed by atoms with Crippen LogP contribution < -0.4 is 0 Å². The summed E-state index contributed by atoms with van der Waals surface area (Å²) in [5.41, 5.74) is 0.755. The minimum absolute atomic E-state index is 0.0572. The number of carbonyl (C=O) groups is 1. The number of ketones is 1. The van der Waals surface area contributed by atoms with Crippen molar-refractivity contribution in [3.63, 3.8) is 0 Å². The van der Waals surface area contributed by atoms with Crippen LogP contribution in [-0.4, -0.2) is 21.0 Å². The lowest BCUT2D eigenvalue weighted by Gasteiger charge is -1.96. The fourth-order valence-corrected chi connectivity index (χ4v) is 1.18. The Morgan fingerprint density at radius 1 is 1.25 bits per heavy atom. The Balaban J connectivity index is 2.30. The van der Waals surface area contributed by atoms with E-state index in [-0.39, 0.29) is 17.6 Å². The van der Waals surface area contributed by atoms with E-state index >= 15 is 0 Å². The van der Waals surface area contributed by atoms with Gasteiger partial charge in [0, 0.05) is 23.9 Å². The fraction of sp³-hybridized carbons (Fsp3) is 0.273. The maximum Gasteiger partial charge on any atom is 0.284 e. The number of pyridine rings is 1. The molecular weight excluding hydrogens is 206 g/mol. The average Bonchev–Trinajstić information content (AvgIpc) is 2.78. The van der Waals surface area contributed by atoms with Crippen LogP contribution in [0.1, 0.15) is 24.5 Å². The van der Waals surface area contributed by atoms with Crippen molar-refractivity contribution in [1.29, 1.82) is 0 Å². The van der Waals surface area contributed by atoms with E-state index in [2.05, 4.69) is 15.2 Å². The molecule has 5 heteroatoms. The van der Waals surface area contributed by atoms with E-state index in [1.807, 2.05) is 0 Å². The van der Waals surface area contributed by atoms with Gasteiger partial charge in [-0.25, -0.2) is 0 Å². The third-order valence-corrected chi connectivity index (χ3v) is 2.09. The first-order valence-electron chi connectivity index (χ1n) is 4.96. The first-order chi connectivity index (χ1) is 7.68. The quantitative estimate of drug-likeness (QED) is 0.735. The number of carbonyl (C=O) groups excluding carboxylic acids is 1. The van der Waals surface area contributed by atoms with Crippen LogP contribution in [0.15, 0.2) is 28.9 Å².